The molecule has 0 radical (unpaired) electrons. The molecule has 0 spiro atoms. The van der Waals surface area contributed by atoms with E-state index in [0.717, 1.165) is 32.2 Å². The molecule has 2 atom stereocenters. The molecule has 2 nitrogen and oxygen atoms in total. The molecule has 0 saturated heterocycles. The van der Waals surface area contributed by atoms with Crippen molar-refractivity contribution in [2.24, 2.45) is 5.92 Å². The summed E-state index contributed by atoms with van der Waals surface area (Å²) >= 11 is 1.83. The predicted octanol–water partition coefficient (Wildman–Crippen LogP) is 3.55. The van der Waals surface area contributed by atoms with Crippen molar-refractivity contribution in [2.45, 2.75) is 38.6 Å². The predicted molar refractivity (Wildman–Crippen MR) is 74.6 cm³/mol. The minimum absolute atomic E-state index is 0.220. The van der Waals surface area contributed by atoms with Gasteiger partial charge in [0, 0.05) is 17.3 Å². The molecular weight excluding hydrogens is 242 g/mol. The van der Waals surface area contributed by atoms with Gasteiger partial charge in [-0.05, 0) is 49.6 Å². The summed E-state index contributed by atoms with van der Waals surface area (Å²) in [5, 5.41) is 2.15. The molecule has 3 rings (SSSR count). The molecule has 2 heterocycles. The number of nitrogens with zero attached hydrogens (tertiary/aromatic N) is 1. The second-order valence-electron chi connectivity index (χ2n) is 5.24. The van der Waals surface area contributed by atoms with E-state index < -0.39 is 0 Å². The first-order chi connectivity index (χ1) is 8.77. The van der Waals surface area contributed by atoms with Crippen LogP contribution in [0.25, 0.3) is 0 Å². The highest BCUT2D eigenvalue weighted by Gasteiger charge is 2.32. The molecule has 0 fully saturated rings. The number of rotatable bonds is 1. The topological polar surface area (TPSA) is 20.3 Å². The van der Waals surface area contributed by atoms with Crippen molar-refractivity contribution in [1.82, 2.24) is 4.90 Å². The summed E-state index contributed by atoms with van der Waals surface area (Å²) in [6.07, 6.45) is 8.40. The Morgan fingerprint density at radius 2 is 2.33 bits per heavy atom. The maximum atomic E-state index is 12.6. The van der Waals surface area contributed by atoms with E-state index in [1.54, 1.807) is 0 Å². The van der Waals surface area contributed by atoms with Crippen LogP contribution in [-0.2, 0) is 11.2 Å². The number of allylic oxidation sites excluding steroid dienone is 2. The van der Waals surface area contributed by atoms with Gasteiger partial charge in [-0.25, -0.2) is 0 Å². The first kappa shape index (κ1) is 12.0. The zero-order chi connectivity index (χ0) is 12.5. The lowest BCUT2D eigenvalue weighted by Gasteiger charge is -2.36. The van der Waals surface area contributed by atoms with E-state index in [1.807, 2.05) is 11.3 Å². The van der Waals surface area contributed by atoms with Gasteiger partial charge in [-0.3, -0.25) is 4.79 Å². The minimum Gasteiger partial charge on any atom is -0.335 e. The number of carbonyl (C=O) groups excluding carboxylic acids is 1. The third-order valence-electron chi connectivity index (χ3n) is 4.18. The molecule has 2 aliphatic rings. The van der Waals surface area contributed by atoms with Crippen molar-refractivity contribution in [2.75, 3.05) is 6.54 Å². The lowest BCUT2D eigenvalue weighted by molar-refractivity contribution is -0.138. The van der Waals surface area contributed by atoms with E-state index in [9.17, 15) is 4.79 Å². The number of hydrogen-bond donors (Lipinski definition) is 0. The van der Waals surface area contributed by atoms with Crippen LogP contribution in [0.4, 0.5) is 0 Å². The normalized spacial score (nSPS) is 27.1. The second-order valence-corrected chi connectivity index (χ2v) is 6.24. The summed E-state index contributed by atoms with van der Waals surface area (Å²) in [5.41, 5.74) is 1.37. The summed E-state index contributed by atoms with van der Waals surface area (Å²) in [5.74, 6) is 0.585. The second kappa shape index (κ2) is 4.88. The average Bonchev–Trinajstić information content (AvgIpc) is 2.89. The number of carbonyl (C=O) groups is 1. The highest BCUT2D eigenvalue weighted by atomic mass is 32.1. The van der Waals surface area contributed by atoms with Crippen molar-refractivity contribution in [1.29, 1.82) is 0 Å². The third kappa shape index (κ3) is 2.01. The molecule has 0 N–H and O–H groups in total. The molecule has 1 aliphatic carbocycles. The zero-order valence-electron chi connectivity index (χ0n) is 10.8. The molecule has 96 valence electrons. The van der Waals surface area contributed by atoms with E-state index in [1.165, 1.54) is 10.4 Å². The molecule has 1 amide bonds. The monoisotopic (exact) mass is 261 g/mol. The van der Waals surface area contributed by atoms with Crippen LogP contribution in [0.5, 0.6) is 0 Å². The Morgan fingerprint density at radius 3 is 3.11 bits per heavy atom. The molecule has 0 saturated carbocycles. The Kier molecular flexibility index (Phi) is 3.25. The molecule has 0 bridgehead atoms. The van der Waals surface area contributed by atoms with Gasteiger partial charge in [-0.15, -0.1) is 11.3 Å². The standard InChI is InChI=1S/C15H19NOS/c1-11-13-8-10-18-14(13)7-9-16(11)15(17)12-5-3-2-4-6-12/h2-3,8,10-12H,4-7,9H2,1H3/t11-,12-/m0/s1. The average molecular weight is 261 g/mol. The van der Waals surface area contributed by atoms with Crippen molar-refractivity contribution in [3.63, 3.8) is 0 Å². The highest BCUT2D eigenvalue weighted by Crippen LogP contribution is 2.34. The van der Waals surface area contributed by atoms with Crippen LogP contribution in [0.15, 0.2) is 23.6 Å². The molecule has 18 heavy (non-hydrogen) atoms. The Bertz CT molecular complexity index is 477. The fraction of sp³-hybridized carbons (Fsp3) is 0.533. The third-order valence-corrected chi connectivity index (χ3v) is 5.18. The minimum atomic E-state index is 0.220. The van der Waals surface area contributed by atoms with Crippen molar-refractivity contribution in [3.8, 4) is 0 Å². The lowest BCUT2D eigenvalue weighted by Crippen LogP contribution is -2.41. The molecule has 1 aromatic heterocycles. The fourth-order valence-corrected chi connectivity index (χ4v) is 4.03. The number of amides is 1. The van der Waals surface area contributed by atoms with Gasteiger partial charge in [0.25, 0.3) is 0 Å². The maximum Gasteiger partial charge on any atom is 0.226 e. The van der Waals surface area contributed by atoms with Crippen molar-refractivity contribution in [3.05, 3.63) is 34.0 Å². The van der Waals surface area contributed by atoms with Gasteiger partial charge in [0.1, 0.15) is 0 Å². The summed E-state index contributed by atoms with van der Waals surface area (Å²) in [7, 11) is 0. The van der Waals surface area contributed by atoms with Crippen LogP contribution >= 0.6 is 11.3 Å². The molecule has 3 heteroatoms. The van der Waals surface area contributed by atoms with Gasteiger partial charge in [-0.2, -0.15) is 0 Å². The summed E-state index contributed by atoms with van der Waals surface area (Å²) < 4.78 is 0. The van der Waals surface area contributed by atoms with Crippen LogP contribution in [0, 0.1) is 5.92 Å². The molecule has 1 aromatic rings. The van der Waals surface area contributed by atoms with Gasteiger partial charge < -0.3 is 4.90 Å². The van der Waals surface area contributed by atoms with Gasteiger partial charge in [0.05, 0.1) is 6.04 Å². The van der Waals surface area contributed by atoms with Gasteiger partial charge >= 0.3 is 0 Å². The quantitative estimate of drug-likeness (QED) is 0.708. The first-order valence-corrected chi connectivity index (χ1v) is 7.67. The van der Waals surface area contributed by atoms with E-state index >= 15 is 0 Å². The molecule has 0 aromatic carbocycles. The number of thiophene rings is 1. The van der Waals surface area contributed by atoms with Gasteiger partial charge in [-0.1, -0.05) is 12.2 Å². The fourth-order valence-electron chi connectivity index (χ4n) is 3.06. The van der Waals surface area contributed by atoms with Gasteiger partial charge in [0.15, 0.2) is 0 Å². The number of fused-ring (bicyclic) bond motifs is 1. The Balaban J connectivity index is 1.77. The Hall–Kier alpha value is -1.09. The van der Waals surface area contributed by atoms with Crippen LogP contribution in [0.1, 0.15) is 42.7 Å². The molecule has 1 aliphatic heterocycles. The lowest BCUT2D eigenvalue weighted by atomic mass is 9.91. The summed E-state index contributed by atoms with van der Waals surface area (Å²) in [6.45, 7) is 3.06. The smallest absolute Gasteiger partial charge is 0.226 e. The first-order valence-electron chi connectivity index (χ1n) is 6.79. The van der Waals surface area contributed by atoms with Crippen LogP contribution < -0.4 is 0 Å². The van der Waals surface area contributed by atoms with E-state index in [4.69, 9.17) is 0 Å². The molecule has 0 unspecified atom stereocenters. The van der Waals surface area contributed by atoms with E-state index in [-0.39, 0.29) is 12.0 Å². The Morgan fingerprint density at radius 1 is 1.44 bits per heavy atom. The zero-order valence-corrected chi connectivity index (χ0v) is 11.6. The van der Waals surface area contributed by atoms with E-state index in [2.05, 4.69) is 35.4 Å². The van der Waals surface area contributed by atoms with Crippen LogP contribution in [-0.4, -0.2) is 17.4 Å². The maximum absolute atomic E-state index is 12.6. The van der Waals surface area contributed by atoms with Crippen LogP contribution in [0.2, 0.25) is 0 Å². The SMILES string of the molecule is C[C@H]1c2ccsc2CCN1C(=O)[C@H]1CC=CCC1. The van der Waals surface area contributed by atoms with E-state index in [0.29, 0.717) is 5.91 Å². The summed E-state index contributed by atoms with van der Waals surface area (Å²) in [4.78, 5) is 16.2. The van der Waals surface area contributed by atoms with Crippen molar-refractivity contribution >= 4 is 17.2 Å². The summed E-state index contributed by atoms with van der Waals surface area (Å²) in [6, 6.07) is 2.45. The largest absolute Gasteiger partial charge is 0.335 e. The van der Waals surface area contributed by atoms with Crippen molar-refractivity contribution < 1.29 is 4.79 Å². The molecular formula is C15H19NOS. The van der Waals surface area contributed by atoms with Gasteiger partial charge in [0.2, 0.25) is 5.91 Å². The number of hydrogen-bond acceptors (Lipinski definition) is 2. The van der Waals surface area contributed by atoms with Crippen LogP contribution in [0.3, 0.4) is 0 Å². The highest BCUT2D eigenvalue weighted by molar-refractivity contribution is 7.10. The Labute approximate surface area is 112 Å².